The highest BCUT2D eigenvalue weighted by Gasteiger charge is 2.09. The first kappa shape index (κ1) is 6.03. The fraction of sp³-hybridized carbons (Fsp3) is 0.500. The second kappa shape index (κ2) is 2.02. The van der Waals surface area contributed by atoms with Crippen LogP contribution in [0.4, 0.5) is 0 Å². The van der Waals surface area contributed by atoms with Gasteiger partial charge in [-0.25, -0.2) is 0 Å². The topological polar surface area (TPSA) is 73.2 Å². The van der Waals surface area contributed by atoms with Gasteiger partial charge in [0.2, 0.25) is 0 Å². The molecule has 5 nitrogen and oxygen atoms in total. The number of aliphatic hydroxyl groups is 1. The fourth-order valence-corrected chi connectivity index (χ4v) is 0.499. The Morgan fingerprint density at radius 1 is 1.89 bits per heavy atom. The zero-order chi connectivity index (χ0) is 6.85. The van der Waals surface area contributed by atoms with Gasteiger partial charge in [-0.1, -0.05) is 4.68 Å². The van der Waals surface area contributed by atoms with Crippen LogP contribution in [-0.4, -0.2) is 10.4 Å². The monoisotopic (exact) mass is 130 g/mol. The number of hydrogen-bond acceptors (Lipinski definition) is 4. The highest BCUT2D eigenvalue weighted by atomic mass is 16.6. The van der Waals surface area contributed by atoms with E-state index in [4.69, 9.17) is 5.11 Å². The number of nitrogens with zero attached hydrogens (tertiary/aromatic N) is 2. The van der Waals surface area contributed by atoms with Crippen molar-refractivity contribution in [2.75, 3.05) is 0 Å². The zero-order valence-electron chi connectivity index (χ0n) is 4.87. The molecule has 0 atom stereocenters. The Balaban J connectivity index is 3.07. The molecule has 0 saturated carbocycles. The third-order valence-electron chi connectivity index (χ3n) is 1.02. The summed E-state index contributed by atoms with van der Waals surface area (Å²) in [7, 11) is 1.52. The fourth-order valence-electron chi connectivity index (χ4n) is 0.499. The molecule has 1 N–H and O–H groups in total. The molecule has 0 aliphatic carbocycles. The standard InChI is InChI=1S/C4H6N2O3/c1-6-3(2-7)4(8)9-5-6/h7H,2H2,1H3. The van der Waals surface area contributed by atoms with Crippen molar-refractivity contribution in [3.63, 3.8) is 0 Å². The first-order chi connectivity index (χ1) is 4.25. The molecular weight excluding hydrogens is 124 g/mol. The lowest BCUT2D eigenvalue weighted by atomic mass is 10.5. The van der Waals surface area contributed by atoms with Gasteiger partial charge in [0.05, 0.1) is 5.27 Å². The molecule has 0 unspecified atom stereocenters. The van der Waals surface area contributed by atoms with Gasteiger partial charge in [-0.2, -0.15) is 0 Å². The summed E-state index contributed by atoms with van der Waals surface area (Å²) < 4.78 is 5.38. The van der Waals surface area contributed by atoms with Crippen LogP contribution in [0.2, 0.25) is 0 Å². The van der Waals surface area contributed by atoms with E-state index in [-0.39, 0.29) is 12.3 Å². The van der Waals surface area contributed by atoms with Gasteiger partial charge in [0.25, 0.3) is 5.69 Å². The van der Waals surface area contributed by atoms with Crippen LogP contribution in [0.15, 0.2) is 4.52 Å². The molecule has 5 heteroatoms. The second-order valence-electron chi connectivity index (χ2n) is 1.59. The first-order valence-electron chi connectivity index (χ1n) is 2.38. The van der Waals surface area contributed by atoms with Crippen molar-refractivity contribution in [3.8, 4) is 5.95 Å². The van der Waals surface area contributed by atoms with Gasteiger partial charge >= 0.3 is 0 Å². The van der Waals surface area contributed by atoms with Crippen LogP contribution in [0.5, 0.6) is 5.95 Å². The quantitative estimate of drug-likeness (QED) is 0.449. The van der Waals surface area contributed by atoms with Crippen LogP contribution in [0.3, 0.4) is 0 Å². The minimum Gasteiger partial charge on any atom is -0.539 e. The Hall–Kier alpha value is -1.10. The highest BCUT2D eigenvalue weighted by molar-refractivity contribution is 5.00. The summed E-state index contributed by atoms with van der Waals surface area (Å²) >= 11 is 0. The van der Waals surface area contributed by atoms with Crippen LogP contribution in [-0.2, 0) is 13.7 Å². The van der Waals surface area contributed by atoms with E-state index >= 15 is 0 Å². The molecule has 0 radical (unpaired) electrons. The predicted molar refractivity (Wildman–Crippen MR) is 23.0 cm³/mol. The minimum atomic E-state index is -0.583. The van der Waals surface area contributed by atoms with Crippen molar-refractivity contribution in [3.05, 3.63) is 5.69 Å². The van der Waals surface area contributed by atoms with Gasteiger partial charge in [-0.15, -0.1) is 0 Å². The molecule has 1 rings (SSSR count). The van der Waals surface area contributed by atoms with Gasteiger partial charge in [0, 0.05) is 0 Å². The molecule has 50 valence electrons. The molecule has 0 aliphatic heterocycles. The van der Waals surface area contributed by atoms with E-state index in [0.29, 0.717) is 0 Å². The third-order valence-corrected chi connectivity index (χ3v) is 1.02. The molecule has 0 fully saturated rings. The third kappa shape index (κ3) is 0.857. The summed E-state index contributed by atoms with van der Waals surface area (Å²) in [5, 5.41) is 22.2. The van der Waals surface area contributed by atoms with Gasteiger partial charge in [-0.3, -0.25) is 0 Å². The van der Waals surface area contributed by atoms with E-state index in [9.17, 15) is 5.11 Å². The molecule has 0 spiro atoms. The van der Waals surface area contributed by atoms with Crippen molar-refractivity contribution in [2.24, 2.45) is 7.05 Å². The summed E-state index contributed by atoms with van der Waals surface area (Å²) in [4.78, 5) is 0. The zero-order valence-corrected chi connectivity index (χ0v) is 4.87. The molecule has 0 aromatic carbocycles. The molecule has 0 amide bonds. The Morgan fingerprint density at radius 3 is 2.78 bits per heavy atom. The first-order valence-corrected chi connectivity index (χ1v) is 2.38. The second-order valence-corrected chi connectivity index (χ2v) is 1.59. The molecule has 9 heavy (non-hydrogen) atoms. The lowest BCUT2D eigenvalue weighted by Gasteiger charge is -1.86. The maximum absolute atomic E-state index is 10.5. The maximum atomic E-state index is 10.5. The van der Waals surface area contributed by atoms with E-state index < -0.39 is 5.95 Å². The lowest BCUT2D eigenvalue weighted by Crippen LogP contribution is -2.34. The van der Waals surface area contributed by atoms with Gasteiger partial charge in [0.15, 0.2) is 13.0 Å². The Kier molecular flexibility index (Phi) is 1.35. The van der Waals surface area contributed by atoms with E-state index in [2.05, 4.69) is 9.79 Å². The smallest absolute Gasteiger partial charge is 0.258 e. The number of aryl methyl sites for hydroxylation is 1. The van der Waals surface area contributed by atoms with Crippen LogP contribution in [0, 0.1) is 0 Å². The molecule has 0 bridgehead atoms. The van der Waals surface area contributed by atoms with Crippen molar-refractivity contribution < 1.29 is 19.4 Å². The van der Waals surface area contributed by atoms with Crippen molar-refractivity contribution >= 4 is 0 Å². The van der Waals surface area contributed by atoms with Crippen molar-refractivity contribution in [1.82, 2.24) is 5.27 Å². The van der Waals surface area contributed by atoms with Gasteiger partial charge in [0.1, 0.15) is 6.61 Å². The summed E-state index contributed by atoms with van der Waals surface area (Å²) in [5.74, 6) is -0.583. The highest BCUT2D eigenvalue weighted by Crippen LogP contribution is 2.03. The Bertz CT molecular complexity index is 188. The van der Waals surface area contributed by atoms with Crippen LogP contribution in [0.25, 0.3) is 0 Å². The van der Waals surface area contributed by atoms with E-state index in [1.165, 1.54) is 11.7 Å². The van der Waals surface area contributed by atoms with Crippen molar-refractivity contribution in [2.45, 2.75) is 6.61 Å². The average Bonchev–Trinajstić information content (AvgIpc) is 2.12. The largest absolute Gasteiger partial charge is 0.539 e. The molecule has 0 aliphatic rings. The van der Waals surface area contributed by atoms with E-state index in [1.54, 1.807) is 0 Å². The number of hydrogen-bond donors (Lipinski definition) is 1. The minimum absolute atomic E-state index is 0.162. The maximum Gasteiger partial charge on any atom is 0.258 e. The van der Waals surface area contributed by atoms with Gasteiger partial charge in [-0.05, 0) is 0 Å². The summed E-state index contributed by atoms with van der Waals surface area (Å²) in [6.07, 6.45) is 0. The summed E-state index contributed by atoms with van der Waals surface area (Å²) in [6, 6.07) is 0. The van der Waals surface area contributed by atoms with Crippen LogP contribution in [0.1, 0.15) is 5.69 Å². The number of aromatic nitrogens is 2. The van der Waals surface area contributed by atoms with Crippen LogP contribution >= 0.6 is 0 Å². The molecular formula is C4H6N2O3. The number of aliphatic hydroxyl groups excluding tert-OH is 1. The normalized spacial score (nSPS) is 10.0. The SMILES string of the molecule is C[n+]1noc([O-])c1CO. The predicted octanol–water partition coefficient (Wildman–Crippen LogP) is -1.93. The molecule has 1 heterocycles. The molecule has 1 aromatic heterocycles. The van der Waals surface area contributed by atoms with Crippen LogP contribution < -0.4 is 9.79 Å². The number of rotatable bonds is 1. The average molecular weight is 130 g/mol. The Labute approximate surface area is 51.1 Å². The van der Waals surface area contributed by atoms with Crippen molar-refractivity contribution in [1.29, 1.82) is 0 Å². The summed E-state index contributed by atoms with van der Waals surface area (Å²) in [5.41, 5.74) is 0.162. The Morgan fingerprint density at radius 2 is 2.56 bits per heavy atom. The molecule has 1 aromatic rings. The molecule has 0 saturated heterocycles. The summed E-state index contributed by atoms with van der Waals surface area (Å²) in [6.45, 7) is -0.334. The van der Waals surface area contributed by atoms with Gasteiger partial charge < -0.3 is 14.7 Å². The van der Waals surface area contributed by atoms with E-state index in [0.717, 1.165) is 0 Å². The lowest BCUT2D eigenvalue weighted by molar-refractivity contribution is -0.747. The van der Waals surface area contributed by atoms with E-state index in [1.807, 2.05) is 0 Å².